The van der Waals surface area contributed by atoms with Crippen molar-refractivity contribution < 1.29 is 20.4 Å². The predicted octanol–water partition coefficient (Wildman–Crippen LogP) is -1.35. The van der Waals surface area contributed by atoms with E-state index in [0.29, 0.717) is 13.1 Å². The van der Waals surface area contributed by atoms with E-state index in [1.165, 1.54) is 0 Å². The molecule has 7 nitrogen and oxygen atoms in total. The van der Waals surface area contributed by atoms with Crippen molar-refractivity contribution in [1.29, 1.82) is 0 Å². The number of nitrogens with zero attached hydrogens (tertiary/aromatic N) is 3. The summed E-state index contributed by atoms with van der Waals surface area (Å²) in [5.41, 5.74) is 1.84. The van der Waals surface area contributed by atoms with Gasteiger partial charge in [0.1, 0.15) is 0 Å². The molecule has 126 valence electrons. The first kappa shape index (κ1) is 19.0. The SMILES string of the molecule is CN(Cc1ccc(CN(C)C(CO)CO)nc1)C(CO)CO. The van der Waals surface area contributed by atoms with Crippen molar-refractivity contribution in [2.24, 2.45) is 0 Å². The van der Waals surface area contributed by atoms with Crippen LogP contribution in [0, 0.1) is 0 Å². The van der Waals surface area contributed by atoms with Crippen molar-refractivity contribution in [3.05, 3.63) is 29.6 Å². The van der Waals surface area contributed by atoms with Crippen molar-refractivity contribution >= 4 is 0 Å². The number of likely N-dealkylation sites (N-methyl/N-ethyl adjacent to an activating group) is 2. The highest BCUT2D eigenvalue weighted by molar-refractivity contribution is 5.14. The van der Waals surface area contributed by atoms with Crippen LogP contribution in [0.1, 0.15) is 11.3 Å². The number of rotatable bonds is 10. The van der Waals surface area contributed by atoms with Gasteiger partial charge in [0.05, 0.1) is 44.2 Å². The first-order valence-corrected chi connectivity index (χ1v) is 7.33. The first-order valence-electron chi connectivity index (χ1n) is 7.33. The number of aliphatic hydroxyl groups excluding tert-OH is 4. The maximum Gasteiger partial charge on any atom is 0.0609 e. The van der Waals surface area contributed by atoms with Gasteiger partial charge in [-0.25, -0.2) is 0 Å². The molecule has 0 bridgehead atoms. The summed E-state index contributed by atoms with van der Waals surface area (Å²) < 4.78 is 0. The maximum atomic E-state index is 9.15. The van der Waals surface area contributed by atoms with Crippen LogP contribution in [0.3, 0.4) is 0 Å². The average Bonchev–Trinajstić information content (AvgIpc) is 2.51. The molecule has 0 saturated carbocycles. The van der Waals surface area contributed by atoms with Gasteiger partial charge in [-0.2, -0.15) is 0 Å². The monoisotopic (exact) mass is 313 g/mol. The fourth-order valence-electron chi connectivity index (χ4n) is 2.12. The Morgan fingerprint density at radius 2 is 1.36 bits per heavy atom. The summed E-state index contributed by atoms with van der Waals surface area (Å²) in [4.78, 5) is 8.10. The van der Waals surface area contributed by atoms with Gasteiger partial charge in [0.15, 0.2) is 0 Å². The minimum atomic E-state index is -0.289. The highest BCUT2D eigenvalue weighted by Gasteiger charge is 2.14. The van der Waals surface area contributed by atoms with Crippen LogP contribution in [0.2, 0.25) is 0 Å². The van der Waals surface area contributed by atoms with E-state index >= 15 is 0 Å². The Kier molecular flexibility index (Phi) is 8.47. The van der Waals surface area contributed by atoms with Gasteiger partial charge in [-0.15, -0.1) is 0 Å². The van der Waals surface area contributed by atoms with Crippen LogP contribution in [0.5, 0.6) is 0 Å². The molecular weight excluding hydrogens is 286 g/mol. The quantitative estimate of drug-likeness (QED) is 0.424. The van der Waals surface area contributed by atoms with Crippen LogP contribution < -0.4 is 0 Å². The molecule has 0 spiro atoms. The normalized spacial score (nSPS) is 12.1. The Bertz CT molecular complexity index is 369. The molecular formula is C15H27N3O4. The lowest BCUT2D eigenvalue weighted by atomic mass is 10.2. The zero-order valence-corrected chi connectivity index (χ0v) is 13.3. The van der Waals surface area contributed by atoms with Crippen molar-refractivity contribution in [3.63, 3.8) is 0 Å². The van der Waals surface area contributed by atoms with Gasteiger partial charge < -0.3 is 20.4 Å². The summed E-state index contributed by atoms with van der Waals surface area (Å²) in [5, 5.41) is 36.6. The van der Waals surface area contributed by atoms with Gasteiger partial charge in [-0.3, -0.25) is 14.8 Å². The van der Waals surface area contributed by atoms with Crippen LogP contribution >= 0.6 is 0 Å². The maximum absolute atomic E-state index is 9.15. The Balaban J connectivity index is 2.59. The number of hydrogen-bond donors (Lipinski definition) is 4. The highest BCUT2D eigenvalue weighted by Crippen LogP contribution is 2.08. The summed E-state index contributed by atoms with van der Waals surface area (Å²) in [5.74, 6) is 0. The Morgan fingerprint density at radius 1 is 0.864 bits per heavy atom. The lowest BCUT2D eigenvalue weighted by Crippen LogP contribution is -2.37. The molecule has 0 saturated heterocycles. The van der Waals surface area contributed by atoms with E-state index in [2.05, 4.69) is 4.98 Å². The largest absolute Gasteiger partial charge is 0.395 e. The predicted molar refractivity (Wildman–Crippen MR) is 83.1 cm³/mol. The van der Waals surface area contributed by atoms with E-state index in [0.717, 1.165) is 11.3 Å². The fraction of sp³-hybridized carbons (Fsp3) is 0.667. The van der Waals surface area contributed by atoms with Crippen LogP contribution in [0.15, 0.2) is 18.3 Å². The second-order valence-corrected chi connectivity index (χ2v) is 5.53. The summed E-state index contributed by atoms with van der Waals surface area (Å²) in [6.07, 6.45) is 1.76. The molecule has 1 rings (SSSR count). The van der Waals surface area contributed by atoms with E-state index in [-0.39, 0.29) is 38.5 Å². The number of aromatic nitrogens is 1. The van der Waals surface area contributed by atoms with Crippen LogP contribution in [-0.4, -0.2) is 87.8 Å². The first-order chi connectivity index (χ1) is 10.5. The molecule has 22 heavy (non-hydrogen) atoms. The van der Waals surface area contributed by atoms with Crippen molar-refractivity contribution in [2.75, 3.05) is 40.5 Å². The van der Waals surface area contributed by atoms with Crippen molar-refractivity contribution in [2.45, 2.75) is 25.2 Å². The Hall–Kier alpha value is -1.09. The Morgan fingerprint density at radius 3 is 1.77 bits per heavy atom. The topological polar surface area (TPSA) is 100 Å². The molecule has 1 aromatic heterocycles. The molecule has 1 aromatic rings. The van der Waals surface area contributed by atoms with Crippen LogP contribution in [-0.2, 0) is 13.1 Å². The van der Waals surface area contributed by atoms with Crippen molar-refractivity contribution in [3.8, 4) is 0 Å². The van der Waals surface area contributed by atoms with Gasteiger partial charge in [0, 0.05) is 19.3 Å². The van der Waals surface area contributed by atoms with Gasteiger partial charge in [-0.05, 0) is 25.7 Å². The molecule has 7 heteroatoms. The summed E-state index contributed by atoms with van der Waals surface area (Å²) >= 11 is 0. The summed E-state index contributed by atoms with van der Waals surface area (Å²) in [7, 11) is 3.67. The number of hydrogen-bond acceptors (Lipinski definition) is 7. The second-order valence-electron chi connectivity index (χ2n) is 5.53. The molecule has 4 N–H and O–H groups in total. The fourth-order valence-corrected chi connectivity index (χ4v) is 2.12. The minimum Gasteiger partial charge on any atom is -0.395 e. The third kappa shape index (κ3) is 5.60. The smallest absolute Gasteiger partial charge is 0.0609 e. The van der Waals surface area contributed by atoms with E-state index < -0.39 is 0 Å². The molecule has 0 aliphatic rings. The lowest BCUT2D eigenvalue weighted by molar-refractivity contribution is 0.0858. The Labute approximate surface area is 131 Å². The molecule has 0 aromatic carbocycles. The van der Waals surface area contributed by atoms with E-state index in [9.17, 15) is 0 Å². The molecule has 0 aliphatic heterocycles. The van der Waals surface area contributed by atoms with E-state index in [4.69, 9.17) is 20.4 Å². The zero-order valence-electron chi connectivity index (χ0n) is 13.3. The zero-order chi connectivity index (χ0) is 16.5. The lowest BCUT2D eigenvalue weighted by Gasteiger charge is -2.25. The molecule has 1 heterocycles. The number of pyridine rings is 1. The molecule has 0 aliphatic carbocycles. The minimum absolute atomic E-state index is 0.0903. The highest BCUT2D eigenvalue weighted by atomic mass is 16.3. The molecule has 0 fully saturated rings. The molecule has 0 amide bonds. The van der Waals surface area contributed by atoms with E-state index in [1.807, 2.05) is 36.0 Å². The van der Waals surface area contributed by atoms with Gasteiger partial charge in [0.25, 0.3) is 0 Å². The molecule has 0 radical (unpaired) electrons. The third-order valence-corrected chi connectivity index (χ3v) is 3.82. The summed E-state index contributed by atoms with van der Waals surface area (Å²) in [6.45, 7) is 0.752. The molecule has 0 atom stereocenters. The van der Waals surface area contributed by atoms with E-state index in [1.54, 1.807) is 6.20 Å². The van der Waals surface area contributed by atoms with Gasteiger partial charge in [-0.1, -0.05) is 6.07 Å². The standard InChI is InChI=1S/C15H27N3O4/c1-17(14(8-19)9-20)6-12-3-4-13(16-5-12)7-18(2)15(10-21)11-22/h3-5,14-15,19-22H,6-11H2,1-2H3. The van der Waals surface area contributed by atoms with Crippen LogP contribution in [0.4, 0.5) is 0 Å². The van der Waals surface area contributed by atoms with Gasteiger partial charge >= 0.3 is 0 Å². The second kappa shape index (κ2) is 9.83. The third-order valence-electron chi connectivity index (χ3n) is 3.82. The van der Waals surface area contributed by atoms with Crippen molar-refractivity contribution in [1.82, 2.24) is 14.8 Å². The summed E-state index contributed by atoms with van der Waals surface area (Å²) in [6, 6.07) is 3.28. The number of aliphatic hydroxyl groups is 4. The van der Waals surface area contributed by atoms with Gasteiger partial charge in [0.2, 0.25) is 0 Å². The molecule has 0 unspecified atom stereocenters. The van der Waals surface area contributed by atoms with Crippen LogP contribution in [0.25, 0.3) is 0 Å². The average molecular weight is 313 g/mol.